The first kappa shape index (κ1) is 24.6. The molecule has 0 saturated carbocycles. The molecule has 1 N–H and O–H groups in total. The van der Waals surface area contributed by atoms with E-state index in [9.17, 15) is 4.79 Å². The minimum atomic E-state index is -0.960. The summed E-state index contributed by atoms with van der Waals surface area (Å²) in [6.07, 6.45) is 3.12. The van der Waals surface area contributed by atoms with Crippen LogP contribution in [-0.4, -0.2) is 30.9 Å². The maximum Gasteiger partial charge on any atom is 1.00 e. The Bertz CT molecular complexity index is 781. The van der Waals surface area contributed by atoms with Crippen LogP contribution >= 0.6 is 11.6 Å². The van der Waals surface area contributed by atoms with Gasteiger partial charge in [-0.05, 0) is 55.0 Å². The van der Waals surface area contributed by atoms with Crippen LogP contribution in [0.5, 0.6) is 5.75 Å². The summed E-state index contributed by atoms with van der Waals surface area (Å²) in [6.45, 7) is 2.47. The fourth-order valence-electron chi connectivity index (χ4n) is 2.97. The summed E-state index contributed by atoms with van der Waals surface area (Å²) in [5, 5.41) is 9.47. The summed E-state index contributed by atoms with van der Waals surface area (Å²) in [5.74, 6) is 0.294. The van der Waals surface area contributed by atoms with Crippen molar-refractivity contribution in [3.8, 4) is 5.75 Å². The fraction of sp³-hybridized carbons (Fsp3) is 0.381. The number of ether oxygens (including phenoxy) is 2. The molecule has 0 atom stereocenters. The Kier molecular flexibility index (Phi) is 11.0. The third-order valence-corrected chi connectivity index (χ3v) is 4.88. The first-order valence-corrected chi connectivity index (χ1v) is 9.65. The molecule has 6 nitrogen and oxygen atoms in total. The number of halogens is 1. The summed E-state index contributed by atoms with van der Waals surface area (Å²) in [7, 11) is 0. The third kappa shape index (κ3) is 8.18. The number of rotatable bonds is 9. The molecule has 0 unspecified atom stereocenters. The van der Waals surface area contributed by atoms with Crippen molar-refractivity contribution < 1.29 is 75.6 Å². The van der Waals surface area contributed by atoms with Gasteiger partial charge in [-0.15, -0.1) is 0 Å². The minimum absolute atomic E-state index is 0. The van der Waals surface area contributed by atoms with E-state index in [4.69, 9.17) is 31.0 Å². The van der Waals surface area contributed by atoms with Crippen LogP contribution in [0.1, 0.15) is 35.2 Å². The third-order valence-electron chi connectivity index (χ3n) is 4.64. The topological polar surface area (TPSA) is 79.1 Å². The minimum Gasteiger partial charge on any atom is -0.559 e. The van der Waals surface area contributed by atoms with Crippen molar-refractivity contribution in [1.29, 1.82) is 0 Å². The number of hydrogen-bond acceptors (Lipinski definition) is 4. The summed E-state index contributed by atoms with van der Waals surface area (Å²) >= 11 is 6.07. The number of carbonyl (C=O) groups is 1. The second-order valence-corrected chi connectivity index (χ2v) is 7.11. The number of nitrogens with zero attached hydrogens (tertiary/aromatic N) is 1. The first-order valence-electron chi connectivity index (χ1n) is 9.27. The molecule has 1 aliphatic heterocycles. The molecule has 2 aromatic carbocycles. The molecule has 1 aliphatic rings. The predicted octanol–water partition coefficient (Wildman–Crippen LogP) is 2.37. The molecule has 0 aromatic heterocycles. The number of benzene rings is 2. The summed E-state index contributed by atoms with van der Waals surface area (Å²) in [4.78, 5) is 16.3. The van der Waals surface area contributed by atoms with Crippen molar-refractivity contribution in [3.05, 3.63) is 64.1 Å². The molecular weight excluding hydrogens is 421 g/mol. The summed E-state index contributed by atoms with van der Waals surface area (Å²) in [5.41, 5.74) is 5.72. The maximum absolute atomic E-state index is 10.9. The van der Waals surface area contributed by atoms with Crippen LogP contribution in [-0.2, 0) is 16.2 Å². The van der Waals surface area contributed by atoms with Gasteiger partial charge in [0.1, 0.15) is 5.75 Å². The molecule has 1 saturated heterocycles. The van der Waals surface area contributed by atoms with Crippen LogP contribution in [0.25, 0.3) is 5.48 Å². The van der Waals surface area contributed by atoms with Gasteiger partial charge in [0.15, 0.2) is 0 Å². The van der Waals surface area contributed by atoms with Gasteiger partial charge in [-0.25, -0.2) is 4.79 Å². The van der Waals surface area contributed by atoms with Gasteiger partial charge in [0, 0.05) is 18.2 Å². The molecule has 1 heterocycles. The van der Waals surface area contributed by atoms with Gasteiger partial charge in [0.05, 0.1) is 18.8 Å². The Balaban J connectivity index is 0.00000300. The van der Waals surface area contributed by atoms with Crippen molar-refractivity contribution >= 4 is 23.3 Å². The Labute approximate surface area is 218 Å². The van der Waals surface area contributed by atoms with Crippen LogP contribution < -0.4 is 56.1 Å². The Morgan fingerprint density at radius 2 is 1.90 bits per heavy atom. The number of aromatic carboxylic acids is 1. The zero-order chi connectivity index (χ0) is 19.8. The fourth-order valence-corrected chi connectivity index (χ4v) is 3.14. The van der Waals surface area contributed by atoms with Gasteiger partial charge in [0.2, 0.25) is 0 Å². The number of hydrogen-bond donors (Lipinski definition) is 1. The number of carboxylic acid groups (broad SMARTS) is 1. The molecular formula is C21H23ClKNO5. The van der Waals surface area contributed by atoms with Crippen LogP contribution in [0.3, 0.4) is 0 Å². The second kappa shape index (κ2) is 12.9. The molecule has 150 valence electrons. The van der Waals surface area contributed by atoms with E-state index in [2.05, 4.69) is 5.48 Å². The molecule has 8 heteroatoms. The summed E-state index contributed by atoms with van der Waals surface area (Å²) in [6, 6.07) is 11.7. The van der Waals surface area contributed by atoms with E-state index in [1.807, 2.05) is 0 Å². The Morgan fingerprint density at radius 1 is 1.17 bits per heavy atom. The molecule has 1 fully saturated rings. The van der Waals surface area contributed by atoms with Crippen LogP contribution in [0, 0.1) is 5.92 Å². The maximum atomic E-state index is 10.9. The van der Waals surface area contributed by atoms with Crippen molar-refractivity contribution in [1.82, 2.24) is 0 Å². The largest absolute Gasteiger partial charge is 1.00 e. The molecule has 0 radical (unpaired) electrons. The predicted molar refractivity (Wildman–Crippen MR) is 106 cm³/mol. The molecule has 3 rings (SSSR count). The van der Waals surface area contributed by atoms with E-state index in [-0.39, 0.29) is 63.6 Å². The van der Waals surface area contributed by atoms with Crippen LogP contribution in [0.15, 0.2) is 42.5 Å². The van der Waals surface area contributed by atoms with Crippen molar-refractivity contribution in [2.45, 2.75) is 25.9 Å². The van der Waals surface area contributed by atoms with E-state index >= 15 is 0 Å². The van der Waals surface area contributed by atoms with E-state index in [1.54, 1.807) is 30.3 Å². The molecule has 2 aromatic rings. The van der Waals surface area contributed by atoms with Gasteiger partial charge >= 0.3 is 57.4 Å². The van der Waals surface area contributed by atoms with Gasteiger partial charge in [-0.3, -0.25) is 0 Å². The zero-order valence-corrected chi connectivity index (χ0v) is 20.4. The van der Waals surface area contributed by atoms with E-state index in [0.717, 1.165) is 38.0 Å². The van der Waals surface area contributed by atoms with Gasteiger partial charge in [-0.1, -0.05) is 35.5 Å². The second-order valence-electron chi connectivity index (χ2n) is 6.67. The molecule has 0 aliphatic carbocycles. The molecule has 0 spiro atoms. The van der Waals surface area contributed by atoms with E-state index in [1.165, 1.54) is 12.1 Å². The molecule has 0 amide bonds. The zero-order valence-electron chi connectivity index (χ0n) is 16.5. The van der Waals surface area contributed by atoms with Crippen LogP contribution in [0.4, 0.5) is 5.69 Å². The first-order chi connectivity index (χ1) is 13.6. The van der Waals surface area contributed by atoms with Gasteiger partial charge in [0.25, 0.3) is 0 Å². The van der Waals surface area contributed by atoms with Crippen molar-refractivity contribution in [2.75, 3.05) is 19.8 Å². The average molecular weight is 444 g/mol. The summed E-state index contributed by atoms with van der Waals surface area (Å²) < 4.78 is 11.3. The normalized spacial score (nSPS) is 14.1. The SMILES string of the molecule is O=C(O)c1ccc(CO[N-]c2cc(Cl)ccc2OCCC2CCOCC2)cc1.[K+]. The van der Waals surface area contributed by atoms with E-state index in [0.29, 0.717) is 29.0 Å². The van der Waals surface area contributed by atoms with Crippen LogP contribution in [0.2, 0.25) is 5.02 Å². The van der Waals surface area contributed by atoms with Gasteiger partial charge < -0.3 is 24.9 Å². The monoisotopic (exact) mass is 443 g/mol. The van der Waals surface area contributed by atoms with Gasteiger partial charge in [-0.2, -0.15) is 0 Å². The number of carboxylic acids is 1. The van der Waals surface area contributed by atoms with Crippen molar-refractivity contribution in [2.24, 2.45) is 5.92 Å². The average Bonchev–Trinajstić information content (AvgIpc) is 2.71. The quantitative estimate of drug-likeness (QED) is 0.475. The van der Waals surface area contributed by atoms with Crippen molar-refractivity contribution in [3.63, 3.8) is 0 Å². The Hall–Kier alpha value is -0.644. The molecule has 0 bridgehead atoms. The smallest absolute Gasteiger partial charge is 0.559 e. The molecule has 29 heavy (non-hydrogen) atoms. The Morgan fingerprint density at radius 3 is 2.59 bits per heavy atom. The standard InChI is InChI=1S/C21H23ClNO5.K/c22-18-5-6-20(27-12-9-15-7-10-26-11-8-15)19(13-18)23-28-14-16-1-3-17(4-2-16)21(24)25;/h1-6,13,15H,7-12,14H2,(H,24,25);/q-1;+1. The van der Waals surface area contributed by atoms with E-state index < -0.39 is 5.97 Å².